The summed E-state index contributed by atoms with van der Waals surface area (Å²) in [7, 11) is 0. The Balaban J connectivity index is 2.37. The Hall–Kier alpha value is -2.00. The van der Waals surface area contributed by atoms with Crippen molar-refractivity contribution in [3.8, 4) is 22.6 Å². The maximum Gasteiger partial charge on any atom is 0.119 e. The molecule has 3 nitrogen and oxygen atoms in total. The van der Waals surface area contributed by atoms with E-state index in [1.807, 2.05) is 19.9 Å². The molecule has 0 aliphatic heterocycles. The van der Waals surface area contributed by atoms with Crippen LogP contribution in [-0.2, 0) is 19.4 Å². The van der Waals surface area contributed by atoms with Gasteiger partial charge in [0, 0.05) is 0 Å². The molecule has 3 N–H and O–H groups in total. The Kier molecular flexibility index (Phi) is 2.94. The number of aliphatic hydroxyl groups is 1. The van der Waals surface area contributed by atoms with Crippen molar-refractivity contribution in [1.29, 1.82) is 0 Å². The molecule has 20 heavy (non-hydrogen) atoms. The average Bonchev–Trinajstić information content (AvgIpc) is 2.46. The van der Waals surface area contributed by atoms with Gasteiger partial charge in [0.15, 0.2) is 0 Å². The number of fused-ring (bicyclic) bond motifs is 3. The monoisotopic (exact) mass is 270 g/mol. The van der Waals surface area contributed by atoms with Crippen LogP contribution in [-0.4, -0.2) is 15.3 Å². The molecule has 104 valence electrons. The highest BCUT2D eigenvalue weighted by Gasteiger charge is 2.24. The van der Waals surface area contributed by atoms with Gasteiger partial charge in [-0.05, 0) is 77.8 Å². The Labute approximate surface area is 118 Å². The third-order valence-corrected chi connectivity index (χ3v) is 4.41. The van der Waals surface area contributed by atoms with Crippen molar-refractivity contribution in [2.45, 2.75) is 33.3 Å². The molecule has 0 fully saturated rings. The Morgan fingerprint density at radius 3 is 2.30 bits per heavy atom. The van der Waals surface area contributed by atoms with Crippen molar-refractivity contribution in [2.24, 2.45) is 0 Å². The molecule has 0 atom stereocenters. The second-order valence-corrected chi connectivity index (χ2v) is 5.43. The summed E-state index contributed by atoms with van der Waals surface area (Å²) in [5, 5.41) is 29.4. The minimum absolute atomic E-state index is 0.102. The maximum atomic E-state index is 9.98. The molecular formula is C17H18O3. The predicted molar refractivity (Wildman–Crippen MR) is 78.0 cm³/mol. The first kappa shape index (κ1) is 13.0. The van der Waals surface area contributed by atoms with Crippen LogP contribution < -0.4 is 0 Å². The molecule has 1 aliphatic rings. The summed E-state index contributed by atoms with van der Waals surface area (Å²) < 4.78 is 0. The average molecular weight is 270 g/mol. The van der Waals surface area contributed by atoms with Gasteiger partial charge in [0.1, 0.15) is 11.5 Å². The molecule has 0 spiro atoms. The number of hydrogen-bond acceptors (Lipinski definition) is 3. The molecule has 0 saturated carbocycles. The minimum Gasteiger partial charge on any atom is -0.508 e. The van der Waals surface area contributed by atoms with Crippen molar-refractivity contribution in [1.82, 2.24) is 0 Å². The van der Waals surface area contributed by atoms with Crippen LogP contribution >= 0.6 is 0 Å². The van der Waals surface area contributed by atoms with Crippen molar-refractivity contribution >= 4 is 0 Å². The predicted octanol–water partition coefficient (Wildman–Crippen LogP) is 2.97. The van der Waals surface area contributed by atoms with Gasteiger partial charge in [0.05, 0.1) is 6.61 Å². The molecule has 0 heterocycles. The van der Waals surface area contributed by atoms with Crippen LogP contribution in [0.1, 0.15) is 27.8 Å². The number of benzene rings is 2. The highest BCUT2D eigenvalue weighted by Crippen LogP contribution is 2.43. The second kappa shape index (κ2) is 4.53. The van der Waals surface area contributed by atoms with Gasteiger partial charge in [-0.1, -0.05) is 6.07 Å². The van der Waals surface area contributed by atoms with E-state index in [0.29, 0.717) is 5.75 Å². The van der Waals surface area contributed by atoms with Crippen LogP contribution in [0, 0.1) is 13.8 Å². The lowest BCUT2D eigenvalue weighted by Gasteiger charge is -2.26. The summed E-state index contributed by atoms with van der Waals surface area (Å²) in [6.45, 7) is 3.73. The Morgan fingerprint density at radius 1 is 0.950 bits per heavy atom. The highest BCUT2D eigenvalue weighted by atomic mass is 16.3. The standard InChI is InChI=1S/C17H18O3/c1-9-12-3-4-13-10(2)16(20)7-11(8-18)17(13)14(12)5-6-15(9)19/h5-7,18-20H,3-4,8H2,1-2H3. The van der Waals surface area contributed by atoms with Gasteiger partial charge < -0.3 is 15.3 Å². The summed E-state index contributed by atoms with van der Waals surface area (Å²) in [6.07, 6.45) is 1.66. The van der Waals surface area contributed by atoms with Crippen molar-refractivity contribution in [3.63, 3.8) is 0 Å². The largest absolute Gasteiger partial charge is 0.508 e. The topological polar surface area (TPSA) is 60.7 Å². The Morgan fingerprint density at radius 2 is 1.60 bits per heavy atom. The SMILES string of the molecule is Cc1c(O)ccc2c1CCc1c(C)c(O)cc(CO)c1-2. The van der Waals surface area contributed by atoms with Crippen LogP contribution in [0.15, 0.2) is 18.2 Å². The minimum atomic E-state index is -0.102. The van der Waals surface area contributed by atoms with Crippen LogP contribution in [0.25, 0.3) is 11.1 Å². The van der Waals surface area contributed by atoms with Crippen LogP contribution in [0.4, 0.5) is 0 Å². The Bertz CT molecular complexity index is 702. The third-order valence-electron chi connectivity index (χ3n) is 4.41. The van der Waals surface area contributed by atoms with Crippen LogP contribution in [0.5, 0.6) is 11.5 Å². The first-order chi connectivity index (χ1) is 9.54. The number of hydrogen-bond donors (Lipinski definition) is 3. The van der Waals surface area contributed by atoms with E-state index in [1.165, 1.54) is 0 Å². The number of phenols is 2. The fourth-order valence-electron chi connectivity index (χ4n) is 3.20. The first-order valence-corrected chi connectivity index (χ1v) is 6.81. The lowest BCUT2D eigenvalue weighted by atomic mass is 9.79. The molecule has 0 bridgehead atoms. The van der Waals surface area contributed by atoms with Gasteiger partial charge in [0.2, 0.25) is 0 Å². The zero-order valence-corrected chi connectivity index (χ0v) is 11.7. The lowest BCUT2D eigenvalue weighted by Crippen LogP contribution is -2.10. The molecule has 1 aliphatic carbocycles. The van der Waals surface area contributed by atoms with E-state index in [1.54, 1.807) is 12.1 Å². The molecule has 3 heteroatoms. The first-order valence-electron chi connectivity index (χ1n) is 6.81. The van der Waals surface area contributed by atoms with E-state index >= 15 is 0 Å². The zero-order chi connectivity index (χ0) is 14.4. The molecule has 2 aromatic carbocycles. The van der Waals surface area contributed by atoms with Gasteiger partial charge in [-0.15, -0.1) is 0 Å². The van der Waals surface area contributed by atoms with Crippen LogP contribution in [0.2, 0.25) is 0 Å². The van der Waals surface area contributed by atoms with Crippen molar-refractivity contribution < 1.29 is 15.3 Å². The molecule has 0 saturated heterocycles. The smallest absolute Gasteiger partial charge is 0.119 e. The molecule has 0 aromatic heterocycles. The van der Waals surface area contributed by atoms with E-state index in [0.717, 1.165) is 51.8 Å². The summed E-state index contributed by atoms with van der Waals surface area (Å²) in [5.41, 5.74) is 6.86. The fraction of sp³-hybridized carbons (Fsp3) is 0.294. The number of phenolic OH excluding ortho intramolecular Hbond substituents is 2. The molecule has 0 unspecified atom stereocenters. The van der Waals surface area contributed by atoms with Gasteiger partial charge in [-0.25, -0.2) is 0 Å². The van der Waals surface area contributed by atoms with E-state index in [9.17, 15) is 15.3 Å². The number of rotatable bonds is 1. The quantitative estimate of drug-likeness (QED) is 0.746. The highest BCUT2D eigenvalue weighted by molar-refractivity contribution is 5.80. The molecule has 0 amide bonds. The van der Waals surface area contributed by atoms with E-state index < -0.39 is 0 Å². The van der Waals surface area contributed by atoms with Crippen molar-refractivity contribution in [3.05, 3.63) is 46.0 Å². The lowest BCUT2D eigenvalue weighted by molar-refractivity contribution is 0.281. The molecule has 3 rings (SSSR count). The van der Waals surface area contributed by atoms with E-state index in [-0.39, 0.29) is 12.4 Å². The van der Waals surface area contributed by atoms with E-state index in [2.05, 4.69) is 0 Å². The molecule has 0 radical (unpaired) electrons. The summed E-state index contributed by atoms with van der Waals surface area (Å²) >= 11 is 0. The number of aliphatic hydroxyl groups excluding tert-OH is 1. The fourth-order valence-corrected chi connectivity index (χ4v) is 3.20. The normalized spacial score (nSPS) is 12.9. The zero-order valence-electron chi connectivity index (χ0n) is 11.7. The van der Waals surface area contributed by atoms with Crippen molar-refractivity contribution in [2.75, 3.05) is 0 Å². The van der Waals surface area contributed by atoms with Gasteiger partial charge >= 0.3 is 0 Å². The number of aromatic hydroxyl groups is 2. The molecule has 2 aromatic rings. The second-order valence-electron chi connectivity index (χ2n) is 5.43. The van der Waals surface area contributed by atoms with Crippen LogP contribution in [0.3, 0.4) is 0 Å². The summed E-state index contributed by atoms with van der Waals surface area (Å²) in [6, 6.07) is 5.25. The molecular weight excluding hydrogens is 252 g/mol. The van der Waals surface area contributed by atoms with E-state index in [4.69, 9.17) is 0 Å². The van der Waals surface area contributed by atoms with Gasteiger partial charge in [-0.3, -0.25) is 0 Å². The van der Waals surface area contributed by atoms with Gasteiger partial charge in [-0.2, -0.15) is 0 Å². The maximum absolute atomic E-state index is 9.98. The van der Waals surface area contributed by atoms with Gasteiger partial charge in [0.25, 0.3) is 0 Å². The summed E-state index contributed by atoms with van der Waals surface area (Å²) in [5.74, 6) is 0.556. The summed E-state index contributed by atoms with van der Waals surface area (Å²) in [4.78, 5) is 0. The third kappa shape index (κ3) is 1.70.